The zero-order valence-electron chi connectivity index (χ0n) is 11.4. The minimum Gasteiger partial charge on any atom is -0.427 e. The van der Waals surface area contributed by atoms with Gasteiger partial charge in [-0.25, -0.2) is 0 Å². The van der Waals surface area contributed by atoms with Crippen LogP contribution in [-0.2, 0) is 17.6 Å². The second-order valence-electron chi connectivity index (χ2n) is 5.15. The molecule has 1 aliphatic rings. The van der Waals surface area contributed by atoms with Crippen LogP contribution in [0.4, 0.5) is 0 Å². The van der Waals surface area contributed by atoms with Crippen LogP contribution in [0, 0.1) is 5.92 Å². The molecule has 3 heteroatoms. The molecule has 0 radical (unpaired) electrons. The highest BCUT2D eigenvalue weighted by atomic mass is 16.5. The molecule has 0 aliphatic heterocycles. The number of allylic oxidation sites excluding steroid dienone is 1. The van der Waals surface area contributed by atoms with Crippen LogP contribution in [0.2, 0.25) is 0 Å². The van der Waals surface area contributed by atoms with Crippen molar-refractivity contribution < 1.29 is 14.3 Å². The molecule has 0 unspecified atom stereocenters. The maximum absolute atomic E-state index is 11.2. The molecule has 0 amide bonds. The lowest BCUT2D eigenvalue weighted by atomic mass is 9.79. The molecule has 0 fully saturated rings. The molecule has 0 spiro atoms. The van der Waals surface area contributed by atoms with Gasteiger partial charge in [0.1, 0.15) is 12.0 Å². The van der Waals surface area contributed by atoms with Crippen LogP contribution in [0.25, 0.3) is 0 Å². The Morgan fingerprint density at radius 1 is 1.42 bits per heavy atom. The molecular weight excluding hydrogens is 240 g/mol. The largest absolute Gasteiger partial charge is 0.427 e. The molecule has 0 saturated heterocycles. The van der Waals surface area contributed by atoms with Gasteiger partial charge < -0.3 is 4.74 Å². The standard InChI is InChI=1S/C16H18O3/c1-10(2)12-4-5-13-6-15(19-11(3)18)7-14(9-17)16(13)8-12/h6-7,9,12H,1,4-5,8H2,2-3H3/t12-/m1/s1. The minimum absolute atomic E-state index is 0.368. The zero-order chi connectivity index (χ0) is 14.0. The van der Waals surface area contributed by atoms with E-state index in [0.29, 0.717) is 17.2 Å². The zero-order valence-corrected chi connectivity index (χ0v) is 11.4. The predicted octanol–water partition coefficient (Wildman–Crippen LogP) is 3.11. The van der Waals surface area contributed by atoms with Crippen LogP contribution in [0.1, 0.15) is 41.8 Å². The van der Waals surface area contributed by atoms with Gasteiger partial charge in [0.15, 0.2) is 0 Å². The van der Waals surface area contributed by atoms with Crippen LogP contribution < -0.4 is 4.74 Å². The summed E-state index contributed by atoms with van der Waals surface area (Å²) in [4.78, 5) is 22.2. The summed E-state index contributed by atoms with van der Waals surface area (Å²) in [5.74, 6) is 0.528. The van der Waals surface area contributed by atoms with Crippen molar-refractivity contribution in [1.29, 1.82) is 0 Å². The molecule has 0 N–H and O–H groups in total. The Morgan fingerprint density at radius 3 is 2.74 bits per heavy atom. The highest BCUT2D eigenvalue weighted by Gasteiger charge is 2.22. The number of ether oxygens (including phenoxy) is 1. The summed E-state index contributed by atoms with van der Waals surface area (Å²) in [7, 11) is 0. The van der Waals surface area contributed by atoms with E-state index in [1.165, 1.54) is 6.92 Å². The summed E-state index contributed by atoms with van der Waals surface area (Å²) in [6.45, 7) is 7.40. The van der Waals surface area contributed by atoms with Crippen LogP contribution in [-0.4, -0.2) is 12.3 Å². The number of hydrogen-bond acceptors (Lipinski definition) is 3. The second kappa shape index (κ2) is 5.39. The number of fused-ring (bicyclic) bond motifs is 1. The van der Waals surface area contributed by atoms with Gasteiger partial charge in [0.25, 0.3) is 0 Å². The lowest BCUT2D eigenvalue weighted by molar-refractivity contribution is -0.131. The third-order valence-corrected chi connectivity index (χ3v) is 3.65. The maximum atomic E-state index is 11.2. The van der Waals surface area contributed by atoms with E-state index in [4.69, 9.17) is 4.74 Å². The van der Waals surface area contributed by atoms with Crippen molar-refractivity contribution >= 4 is 12.3 Å². The van der Waals surface area contributed by atoms with Crippen LogP contribution in [0.15, 0.2) is 24.3 Å². The molecule has 0 bridgehead atoms. The van der Waals surface area contributed by atoms with Gasteiger partial charge in [0.2, 0.25) is 0 Å². The lowest BCUT2D eigenvalue weighted by Crippen LogP contribution is -2.17. The number of carbonyl (C=O) groups excluding carboxylic acids is 2. The Balaban J connectivity index is 2.39. The van der Waals surface area contributed by atoms with Crippen LogP contribution >= 0.6 is 0 Å². The van der Waals surface area contributed by atoms with E-state index in [9.17, 15) is 9.59 Å². The molecule has 1 atom stereocenters. The van der Waals surface area contributed by atoms with Gasteiger partial charge in [-0.2, -0.15) is 0 Å². The summed E-state index contributed by atoms with van der Waals surface area (Å²) >= 11 is 0. The van der Waals surface area contributed by atoms with E-state index in [1.54, 1.807) is 6.07 Å². The summed E-state index contributed by atoms with van der Waals surface area (Å²) in [5.41, 5.74) is 3.97. The van der Waals surface area contributed by atoms with Crippen LogP contribution in [0.3, 0.4) is 0 Å². The molecule has 3 nitrogen and oxygen atoms in total. The molecular formula is C16H18O3. The fourth-order valence-electron chi connectivity index (χ4n) is 2.63. The van der Waals surface area contributed by atoms with Crippen molar-refractivity contribution in [2.75, 3.05) is 0 Å². The fraction of sp³-hybridized carbons (Fsp3) is 0.375. The Morgan fingerprint density at radius 2 is 2.16 bits per heavy atom. The molecule has 0 saturated carbocycles. The highest BCUT2D eigenvalue weighted by molar-refractivity contribution is 5.80. The van der Waals surface area contributed by atoms with Crippen LogP contribution in [0.5, 0.6) is 5.75 Å². The molecule has 19 heavy (non-hydrogen) atoms. The number of carbonyl (C=O) groups is 2. The quantitative estimate of drug-likeness (QED) is 0.362. The first-order valence-electron chi connectivity index (χ1n) is 6.46. The maximum Gasteiger partial charge on any atom is 0.308 e. The Bertz CT molecular complexity index is 543. The first-order chi connectivity index (χ1) is 9.01. The van der Waals surface area contributed by atoms with Gasteiger partial charge in [-0.15, -0.1) is 0 Å². The van der Waals surface area contributed by atoms with Gasteiger partial charge in [-0.1, -0.05) is 12.2 Å². The third-order valence-electron chi connectivity index (χ3n) is 3.65. The van der Waals surface area contributed by atoms with E-state index in [1.807, 2.05) is 13.0 Å². The molecule has 2 rings (SSSR count). The number of benzene rings is 1. The topological polar surface area (TPSA) is 43.4 Å². The average molecular weight is 258 g/mol. The first-order valence-corrected chi connectivity index (χ1v) is 6.46. The van der Waals surface area contributed by atoms with Crippen molar-refractivity contribution in [3.8, 4) is 5.75 Å². The van der Waals surface area contributed by atoms with E-state index in [0.717, 1.165) is 42.2 Å². The van der Waals surface area contributed by atoms with E-state index in [2.05, 4.69) is 6.58 Å². The monoisotopic (exact) mass is 258 g/mol. The Hall–Kier alpha value is -1.90. The number of aldehydes is 1. The van der Waals surface area contributed by atoms with Gasteiger partial charge in [-0.05, 0) is 55.4 Å². The minimum atomic E-state index is -0.368. The van der Waals surface area contributed by atoms with Gasteiger partial charge in [-0.3, -0.25) is 9.59 Å². The summed E-state index contributed by atoms with van der Waals surface area (Å²) < 4.78 is 5.08. The molecule has 0 heterocycles. The van der Waals surface area contributed by atoms with E-state index >= 15 is 0 Å². The normalized spacial score (nSPS) is 17.5. The predicted molar refractivity (Wildman–Crippen MR) is 73.5 cm³/mol. The average Bonchev–Trinajstić information content (AvgIpc) is 2.36. The van der Waals surface area contributed by atoms with E-state index in [-0.39, 0.29) is 5.97 Å². The molecule has 0 aromatic heterocycles. The molecule has 100 valence electrons. The number of hydrogen-bond donors (Lipinski definition) is 0. The number of esters is 1. The first kappa shape index (κ1) is 13.5. The van der Waals surface area contributed by atoms with Crippen molar-refractivity contribution in [2.45, 2.75) is 33.1 Å². The summed E-state index contributed by atoms with van der Waals surface area (Å²) in [6.07, 6.45) is 3.61. The molecule has 1 aliphatic carbocycles. The molecule has 1 aromatic carbocycles. The van der Waals surface area contributed by atoms with Gasteiger partial charge in [0, 0.05) is 12.5 Å². The van der Waals surface area contributed by atoms with Gasteiger partial charge in [0.05, 0.1) is 0 Å². The fourth-order valence-corrected chi connectivity index (χ4v) is 2.63. The smallest absolute Gasteiger partial charge is 0.308 e. The SMILES string of the molecule is C=C(C)[C@@H]1CCc2cc(OC(C)=O)cc(C=O)c2C1. The summed E-state index contributed by atoms with van der Waals surface area (Å²) in [6, 6.07) is 3.52. The molecule has 1 aromatic rings. The Kier molecular flexibility index (Phi) is 3.84. The second-order valence-corrected chi connectivity index (χ2v) is 5.15. The van der Waals surface area contributed by atoms with Gasteiger partial charge >= 0.3 is 5.97 Å². The van der Waals surface area contributed by atoms with Crippen molar-refractivity contribution in [1.82, 2.24) is 0 Å². The van der Waals surface area contributed by atoms with Crippen molar-refractivity contribution in [2.24, 2.45) is 5.92 Å². The van der Waals surface area contributed by atoms with Crippen molar-refractivity contribution in [3.05, 3.63) is 41.0 Å². The Labute approximate surface area is 113 Å². The number of rotatable bonds is 3. The number of aryl methyl sites for hydroxylation is 1. The summed E-state index contributed by atoms with van der Waals surface area (Å²) in [5, 5.41) is 0. The van der Waals surface area contributed by atoms with E-state index < -0.39 is 0 Å². The lowest BCUT2D eigenvalue weighted by Gasteiger charge is -2.26. The third kappa shape index (κ3) is 2.92. The highest BCUT2D eigenvalue weighted by Crippen LogP contribution is 2.33. The van der Waals surface area contributed by atoms with Crippen molar-refractivity contribution in [3.63, 3.8) is 0 Å².